The number of hydrogen-bond acceptors (Lipinski definition) is 3. The molecule has 1 aromatic heterocycles. The zero-order valence-corrected chi connectivity index (χ0v) is 11.9. The number of carbonyl (C=O) groups excluding carboxylic acids is 1. The molecule has 1 heterocycles. The number of amides is 1. The van der Waals surface area contributed by atoms with Gasteiger partial charge in [-0.3, -0.25) is 4.79 Å². The Morgan fingerprint density at radius 3 is 2.59 bits per heavy atom. The molecule has 0 atom stereocenters. The van der Waals surface area contributed by atoms with Gasteiger partial charge in [0.1, 0.15) is 0 Å². The summed E-state index contributed by atoms with van der Waals surface area (Å²) in [5, 5.41) is 3.35. The fraction of sp³-hybridized carbons (Fsp3) is 0.167. The van der Waals surface area contributed by atoms with Crippen molar-refractivity contribution < 1.29 is 4.79 Å². The predicted octanol–water partition coefficient (Wildman–Crippen LogP) is 3.84. The van der Waals surface area contributed by atoms with Gasteiger partial charge in [-0.1, -0.05) is 39.4 Å². The molecule has 88 valence electrons. The van der Waals surface area contributed by atoms with Crippen molar-refractivity contribution in [3.05, 3.63) is 34.4 Å². The van der Waals surface area contributed by atoms with E-state index in [-0.39, 0.29) is 5.91 Å². The number of benzene rings is 1. The van der Waals surface area contributed by atoms with Crippen LogP contribution in [0.2, 0.25) is 0 Å². The molecule has 3 nitrogen and oxygen atoms in total. The minimum Gasteiger partial charge on any atom is -0.302 e. The Balaban J connectivity index is 2.35. The van der Waals surface area contributed by atoms with Gasteiger partial charge in [0.25, 0.3) is 0 Å². The molecule has 0 aliphatic heterocycles. The first kappa shape index (κ1) is 12.3. The van der Waals surface area contributed by atoms with Crippen molar-refractivity contribution in [2.75, 3.05) is 5.32 Å². The maximum absolute atomic E-state index is 11.0. The third-order valence-corrected chi connectivity index (χ3v) is 3.84. The van der Waals surface area contributed by atoms with Crippen LogP contribution >= 0.6 is 27.3 Å². The molecule has 2 rings (SSSR count). The summed E-state index contributed by atoms with van der Waals surface area (Å²) in [6.45, 7) is 3.43. The number of anilines is 1. The number of halogens is 1. The van der Waals surface area contributed by atoms with E-state index in [1.165, 1.54) is 18.3 Å². The number of carbonyl (C=O) groups is 1. The Kier molecular flexibility index (Phi) is 3.59. The van der Waals surface area contributed by atoms with Gasteiger partial charge in [0.05, 0.1) is 10.6 Å². The summed E-state index contributed by atoms with van der Waals surface area (Å²) >= 11 is 4.89. The van der Waals surface area contributed by atoms with E-state index in [2.05, 4.69) is 26.2 Å². The molecule has 0 aliphatic carbocycles. The predicted molar refractivity (Wildman–Crippen MR) is 74.3 cm³/mol. The van der Waals surface area contributed by atoms with E-state index in [1.54, 1.807) is 0 Å². The molecule has 17 heavy (non-hydrogen) atoms. The lowest BCUT2D eigenvalue weighted by Crippen LogP contribution is -2.04. The van der Waals surface area contributed by atoms with Crippen molar-refractivity contribution in [2.45, 2.75) is 13.8 Å². The molecule has 1 N–H and O–H groups in total. The average molecular weight is 311 g/mol. The van der Waals surface area contributed by atoms with Crippen LogP contribution in [-0.4, -0.2) is 10.9 Å². The van der Waals surface area contributed by atoms with Gasteiger partial charge in [0.15, 0.2) is 5.13 Å². The van der Waals surface area contributed by atoms with E-state index >= 15 is 0 Å². The second kappa shape index (κ2) is 4.98. The third-order valence-electron chi connectivity index (χ3n) is 2.19. The largest absolute Gasteiger partial charge is 0.302 e. The van der Waals surface area contributed by atoms with Crippen LogP contribution in [0.1, 0.15) is 12.6 Å². The topological polar surface area (TPSA) is 42.0 Å². The highest BCUT2D eigenvalue weighted by Crippen LogP contribution is 2.33. The number of nitrogens with one attached hydrogen (secondary N) is 1. The lowest BCUT2D eigenvalue weighted by Gasteiger charge is -1.98. The molecular weight excluding hydrogens is 300 g/mol. The molecule has 5 heteroatoms. The van der Waals surface area contributed by atoms with Crippen molar-refractivity contribution in [1.29, 1.82) is 0 Å². The van der Waals surface area contributed by atoms with E-state index in [4.69, 9.17) is 0 Å². The standard InChI is InChI=1S/C12H11BrN2OS/c1-7-11(9-3-5-10(13)6-4-9)17-12(14-7)15-8(2)16/h3-6H,1-2H3,(H,14,15,16). The van der Waals surface area contributed by atoms with Crippen molar-refractivity contribution >= 4 is 38.3 Å². The molecule has 2 aromatic rings. The third kappa shape index (κ3) is 2.92. The molecule has 0 bridgehead atoms. The summed E-state index contributed by atoms with van der Waals surface area (Å²) in [4.78, 5) is 16.4. The minimum absolute atomic E-state index is 0.0962. The first-order valence-electron chi connectivity index (χ1n) is 5.07. The molecule has 0 fully saturated rings. The Labute approximate surface area is 112 Å². The van der Waals surface area contributed by atoms with E-state index in [0.29, 0.717) is 5.13 Å². The van der Waals surface area contributed by atoms with Gasteiger partial charge in [0, 0.05) is 11.4 Å². The summed E-state index contributed by atoms with van der Waals surface area (Å²) in [7, 11) is 0. The van der Waals surface area contributed by atoms with Gasteiger partial charge in [-0.25, -0.2) is 4.98 Å². The Morgan fingerprint density at radius 2 is 2.00 bits per heavy atom. The van der Waals surface area contributed by atoms with Gasteiger partial charge in [-0.15, -0.1) is 0 Å². The lowest BCUT2D eigenvalue weighted by molar-refractivity contribution is -0.114. The molecule has 0 saturated carbocycles. The first-order chi connectivity index (χ1) is 8.06. The SMILES string of the molecule is CC(=O)Nc1nc(C)c(-c2ccc(Br)cc2)s1. The quantitative estimate of drug-likeness (QED) is 0.915. The number of rotatable bonds is 2. The van der Waals surface area contributed by atoms with E-state index in [1.807, 2.05) is 31.2 Å². The van der Waals surface area contributed by atoms with Crippen LogP contribution in [0.5, 0.6) is 0 Å². The Morgan fingerprint density at radius 1 is 1.35 bits per heavy atom. The van der Waals surface area contributed by atoms with E-state index in [0.717, 1.165) is 20.6 Å². The second-order valence-electron chi connectivity index (χ2n) is 3.62. The summed E-state index contributed by atoms with van der Waals surface area (Å²) in [6.07, 6.45) is 0. The number of nitrogens with zero attached hydrogens (tertiary/aromatic N) is 1. The molecule has 0 aliphatic rings. The van der Waals surface area contributed by atoms with Crippen molar-refractivity contribution in [3.8, 4) is 10.4 Å². The maximum atomic E-state index is 11.0. The highest BCUT2D eigenvalue weighted by atomic mass is 79.9. The molecule has 1 amide bonds. The fourth-order valence-corrected chi connectivity index (χ4v) is 2.75. The molecule has 0 spiro atoms. The summed E-state index contributed by atoms with van der Waals surface area (Å²) in [5.74, 6) is -0.0962. The van der Waals surface area contributed by atoms with Crippen LogP contribution in [-0.2, 0) is 4.79 Å². The van der Waals surface area contributed by atoms with Gasteiger partial charge >= 0.3 is 0 Å². The van der Waals surface area contributed by atoms with Gasteiger partial charge in [-0.05, 0) is 24.6 Å². The minimum atomic E-state index is -0.0962. The smallest absolute Gasteiger partial charge is 0.223 e. The monoisotopic (exact) mass is 310 g/mol. The molecule has 0 unspecified atom stereocenters. The highest BCUT2D eigenvalue weighted by Gasteiger charge is 2.10. The summed E-state index contributed by atoms with van der Waals surface area (Å²) < 4.78 is 1.05. The molecule has 0 radical (unpaired) electrons. The molecule has 1 aromatic carbocycles. The zero-order valence-electron chi connectivity index (χ0n) is 9.45. The van der Waals surface area contributed by atoms with Crippen molar-refractivity contribution in [2.24, 2.45) is 0 Å². The van der Waals surface area contributed by atoms with Crippen molar-refractivity contribution in [1.82, 2.24) is 4.98 Å². The van der Waals surface area contributed by atoms with Crippen LogP contribution in [0, 0.1) is 6.92 Å². The number of hydrogen-bond donors (Lipinski definition) is 1. The van der Waals surface area contributed by atoms with Crippen LogP contribution < -0.4 is 5.32 Å². The highest BCUT2D eigenvalue weighted by molar-refractivity contribution is 9.10. The van der Waals surface area contributed by atoms with Gasteiger partial charge in [0.2, 0.25) is 5.91 Å². The van der Waals surface area contributed by atoms with Crippen molar-refractivity contribution in [3.63, 3.8) is 0 Å². The Bertz CT molecular complexity index is 548. The van der Waals surface area contributed by atoms with Crippen LogP contribution in [0.4, 0.5) is 5.13 Å². The van der Waals surface area contributed by atoms with E-state index in [9.17, 15) is 4.79 Å². The lowest BCUT2D eigenvalue weighted by atomic mass is 10.2. The molecule has 0 saturated heterocycles. The number of aryl methyl sites for hydroxylation is 1. The average Bonchev–Trinajstić information content (AvgIpc) is 2.59. The second-order valence-corrected chi connectivity index (χ2v) is 5.54. The zero-order chi connectivity index (χ0) is 12.4. The summed E-state index contributed by atoms with van der Waals surface area (Å²) in [6, 6.07) is 8.05. The van der Waals surface area contributed by atoms with Gasteiger partial charge < -0.3 is 5.32 Å². The van der Waals surface area contributed by atoms with Crippen LogP contribution in [0.3, 0.4) is 0 Å². The first-order valence-corrected chi connectivity index (χ1v) is 6.68. The fourth-order valence-electron chi connectivity index (χ4n) is 1.47. The van der Waals surface area contributed by atoms with E-state index < -0.39 is 0 Å². The number of thiazole rings is 1. The number of aromatic nitrogens is 1. The normalized spacial score (nSPS) is 10.3. The van der Waals surface area contributed by atoms with Crippen LogP contribution in [0.25, 0.3) is 10.4 Å². The molecular formula is C12H11BrN2OS. The maximum Gasteiger partial charge on any atom is 0.223 e. The van der Waals surface area contributed by atoms with Crippen LogP contribution in [0.15, 0.2) is 28.7 Å². The van der Waals surface area contributed by atoms with Gasteiger partial charge in [-0.2, -0.15) is 0 Å². The summed E-state index contributed by atoms with van der Waals surface area (Å²) in [5.41, 5.74) is 2.04. The Hall–Kier alpha value is -1.20.